The lowest BCUT2D eigenvalue weighted by molar-refractivity contribution is 0.0786. The molecule has 0 aromatic rings. The summed E-state index contributed by atoms with van der Waals surface area (Å²) in [4.78, 5) is 1.68. The predicted molar refractivity (Wildman–Crippen MR) is 44.2 cm³/mol. The molecule has 1 saturated carbocycles. The molecular formula is C8H16F2N2. The van der Waals surface area contributed by atoms with Gasteiger partial charge >= 0.3 is 0 Å². The van der Waals surface area contributed by atoms with E-state index in [1.54, 1.807) is 11.9 Å². The highest BCUT2D eigenvalue weighted by Gasteiger charge is 2.28. The van der Waals surface area contributed by atoms with Crippen molar-refractivity contribution >= 4 is 0 Å². The molecule has 0 radical (unpaired) electrons. The Labute approximate surface area is 71.7 Å². The van der Waals surface area contributed by atoms with Crippen LogP contribution in [0.4, 0.5) is 8.78 Å². The van der Waals surface area contributed by atoms with Gasteiger partial charge in [-0.2, -0.15) is 0 Å². The minimum Gasteiger partial charge on any atom is -0.326 e. The first-order chi connectivity index (χ1) is 5.61. The topological polar surface area (TPSA) is 29.3 Å². The van der Waals surface area contributed by atoms with Crippen LogP contribution >= 0.6 is 0 Å². The van der Waals surface area contributed by atoms with Gasteiger partial charge in [-0.1, -0.05) is 6.42 Å². The zero-order valence-electron chi connectivity index (χ0n) is 7.34. The molecule has 12 heavy (non-hydrogen) atoms. The Morgan fingerprint density at radius 1 is 1.50 bits per heavy atom. The van der Waals surface area contributed by atoms with Gasteiger partial charge in [0.15, 0.2) is 0 Å². The molecule has 0 aromatic carbocycles. The summed E-state index contributed by atoms with van der Waals surface area (Å²) in [6.07, 6.45) is 0.755. The summed E-state index contributed by atoms with van der Waals surface area (Å²) in [5.74, 6) is 0. The Balaban J connectivity index is 2.35. The van der Waals surface area contributed by atoms with E-state index in [2.05, 4.69) is 0 Å². The Hall–Kier alpha value is -0.220. The molecule has 1 aliphatic rings. The van der Waals surface area contributed by atoms with Crippen LogP contribution in [0.25, 0.3) is 0 Å². The third-order valence-electron chi connectivity index (χ3n) is 2.52. The van der Waals surface area contributed by atoms with E-state index in [0.29, 0.717) is 0 Å². The molecule has 0 aliphatic heterocycles. The third kappa shape index (κ3) is 2.38. The molecule has 2 unspecified atom stereocenters. The van der Waals surface area contributed by atoms with E-state index >= 15 is 0 Å². The maximum absolute atomic E-state index is 12.0. The summed E-state index contributed by atoms with van der Waals surface area (Å²) < 4.78 is 24.0. The molecule has 72 valence electrons. The maximum Gasteiger partial charge on any atom is 0.251 e. The number of halogens is 2. The monoisotopic (exact) mass is 178 g/mol. The van der Waals surface area contributed by atoms with E-state index in [-0.39, 0.29) is 18.6 Å². The zero-order chi connectivity index (χ0) is 9.14. The molecule has 2 nitrogen and oxygen atoms in total. The lowest BCUT2D eigenvalue weighted by atomic mass is 10.1. The summed E-state index contributed by atoms with van der Waals surface area (Å²) in [7, 11) is 1.72. The van der Waals surface area contributed by atoms with Crippen LogP contribution < -0.4 is 5.73 Å². The predicted octanol–water partition coefficient (Wildman–Crippen LogP) is 1.06. The summed E-state index contributed by atoms with van der Waals surface area (Å²) in [6, 6.07) is 0.257. The van der Waals surface area contributed by atoms with Crippen molar-refractivity contribution in [3.8, 4) is 0 Å². The number of nitrogens with zero attached hydrogens (tertiary/aromatic N) is 1. The van der Waals surface area contributed by atoms with Crippen molar-refractivity contribution in [3.05, 3.63) is 0 Å². The molecule has 1 rings (SSSR count). The largest absolute Gasteiger partial charge is 0.326 e. The second kappa shape index (κ2) is 4.14. The highest BCUT2D eigenvalue weighted by atomic mass is 19.3. The van der Waals surface area contributed by atoms with Gasteiger partial charge in [0.1, 0.15) is 0 Å². The van der Waals surface area contributed by atoms with E-state index in [9.17, 15) is 8.78 Å². The first-order valence-corrected chi connectivity index (χ1v) is 4.35. The highest BCUT2D eigenvalue weighted by molar-refractivity contribution is 4.86. The molecule has 0 aromatic heterocycles. The molecule has 0 bridgehead atoms. The van der Waals surface area contributed by atoms with E-state index in [4.69, 9.17) is 5.73 Å². The molecule has 0 heterocycles. The smallest absolute Gasteiger partial charge is 0.251 e. The minimum absolute atomic E-state index is 0.0914. The summed E-state index contributed by atoms with van der Waals surface area (Å²) in [5, 5.41) is 0. The second-order valence-electron chi connectivity index (χ2n) is 3.49. The number of hydrogen-bond acceptors (Lipinski definition) is 2. The Kier molecular flexibility index (Phi) is 3.40. The molecule has 0 spiro atoms. The van der Waals surface area contributed by atoms with Crippen LogP contribution in [-0.2, 0) is 0 Å². The fourth-order valence-electron chi connectivity index (χ4n) is 1.87. The Bertz CT molecular complexity index is 141. The maximum atomic E-state index is 12.0. The normalized spacial score (nSPS) is 30.5. The van der Waals surface area contributed by atoms with Crippen molar-refractivity contribution in [2.24, 2.45) is 5.73 Å². The molecule has 1 aliphatic carbocycles. The fraction of sp³-hybridized carbons (Fsp3) is 1.00. The molecule has 4 heteroatoms. The molecule has 0 amide bonds. The number of nitrogens with two attached hydrogens (primary N) is 1. The van der Waals surface area contributed by atoms with Crippen molar-refractivity contribution in [2.75, 3.05) is 13.6 Å². The van der Waals surface area contributed by atoms with Gasteiger partial charge in [-0.3, -0.25) is 4.90 Å². The quantitative estimate of drug-likeness (QED) is 0.700. The number of rotatable bonds is 3. The lowest BCUT2D eigenvalue weighted by Crippen LogP contribution is -2.44. The van der Waals surface area contributed by atoms with E-state index in [0.717, 1.165) is 19.3 Å². The van der Waals surface area contributed by atoms with Gasteiger partial charge < -0.3 is 5.73 Å². The third-order valence-corrected chi connectivity index (χ3v) is 2.52. The van der Waals surface area contributed by atoms with E-state index in [1.807, 2.05) is 0 Å². The van der Waals surface area contributed by atoms with Gasteiger partial charge in [0.2, 0.25) is 0 Å². The highest BCUT2D eigenvalue weighted by Crippen LogP contribution is 2.21. The fourth-order valence-corrected chi connectivity index (χ4v) is 1.87. The van der Waals surface area contributed by atoms with Gasteiger partial charge in [-0.15, -0.1) is 0 Å². The number of alkyl halides is 2. The molecule has 2 N–H and O–H groups in total. The van der Waals surface area contributed by atoms with Crippen molar-refractivity contribution in [1.82, 2.24) is 4.90 Å². The molecule has 1 fully saturated rings. The van der Waals surface area contributed by atoms with Crippen LogP contribution in [-0.4, -0.2) is 37.0 Å². The van der Waals surface area contributed by atoms with Gasteiger partial charge in [-0.05, 0) is 19.9 Å². The summed E-state index contributed by atoms with van der Waals surface area (Å²) >= 11 is 0. The van der Waals surface area contributed by atoms with Crippen molar-refractivity contribution in [2.45, 2.75) is 37.8 Å². The van der Waals surface area contributed by atoms with Crippen LogP contribution in [0, 0.1) is 0 Å². The van der Waals surface area contributed by atoms with Crippen molar-refractivity contribution < 1.29 is 8.78 Å². The summed E-state index contributed by atoms with van der Waals surface area (Å²) in [5.41, 5.74) is 5.77. The van der Waals surface area contributed by atoms with Gasteiger partial charge in [0.05, 0.1) is 6.54 Å². The standard InChI is InChI=1S/C8H16F2N2/c1-12(5-8(9)10)7-4-2-3-6(7)11/h6-8H,2-5,11H2,1H3. The van der Waals surface area contributed by atoms with Crippen molar-refractivity contribution in [3.63, 3.8) is 0 Å². The first-order valence-electron chi connectivity index (χ1n) is 4.35. The number of hydrogen-bond donors (Lipinski definition) is 1. The second-order valence-corrected chi connectivity index (χ2v) is 3.49. The van der Waals surface area contributed by atoms with Gasteiger partial charge in [0.25, 0.3) is 6.43 Å². The number of likely N-dealkylation sites (N-methyl/N-ethyl adjacent to an activating group) is 1. The van der Waals surface area contributed by atoms with Gasteiger partial charge in [0, 0.05) is 12.1 Å². The Morgan fingerprint density at radius 2 is 2.17 bits per heavy atom. The average molecular weight is 178 g/mol. The minimum atomic E-state index is -2.25. The van der Waals surface area contributed by atoms with Crippen LogP contribution in [0.1, 0.15) is 19.3 Å². The van der Waals surface area contributed by atoms with Crippen LogP contribution in [0.15, 0.2) is 0 Å². The SMILES string of the molecule is CN(CC(F)F)C1CCCC1N. The average Bonchev–Trinajstić information content (AvgIpc) is 2.33. The first kappa shape index (κ1) is 9.86. The van der Waals surface area contributed by atoms with Crippen LogP contribution in [0.3, 0.4) is 0 Å². The summed E-state index contributed by atoms with van der Waals surface area (Å²) in [6.45, 7) is -0.154. The van der Waals surface area contributed by atoms with Crippen molar-refractivity contribution in [1.29, 1.82) is 0 Å². The molecule has 2 atom stereocenters. The Morgan fingerprint density at radius 3 is 2.58 bits per heavy atom. The molecule has 0 saturated heterocycles. The van der Waals surface area contributed by atoms with Crippen LogP contribution in [0.2, 0.25) is 0 Å². The lowest BCUT2D eigenvalue weighted by Gasteiger charge is -2.26. The van der Waals surface area contributed by atoms with E-state index in [1.165, 1.54) is 0 Å². The van der Waals surface area contributed by atoms with E-state index < -0.39 is 6.43 Å². The molecular weight excluding hydrogens is 162 g/mol. The van der Waals surface area contributed by atoms with Crippen LogP contribution in [0.5, 0.6) is 0 Å². The zero-order valence-corrected chi connectivity index (χ0v) is 7.34. The van der Waals surface area contributed by atoms with Gasteiger partial charge in [-0.25, -0.2) is 8.78 Å².